The van der Waals surface area contributed by atoms with E-state index in [4.69, 9.17) is 38.4 Å². The Labute approximate surface area is 118 Å². The predicted molar refractivity (Wildman–Crippen MR) is 68.9 cm³/mol. The first kappa shape index (κ1) is 14.1. The van der Waals surface area contributed by atoms with Crippen LogP contribution in [-0.2, 0) is 19.1 Å². The van der Waals surface area contributed by atoms with Gasteiger partial charge in [-0.05, 0) is 18.2 Å². The van der Waals surface area contributed by atoms with Crippen molar-refractivity contribution in [3.05, 3.63) is 28.2 Å². The number of ether oxygens (including phenoxy) is 2. The van der Waals surface area contributed by atoms with Crippen LogP contribution in [0.2, 0.25) is 10.0 Å². The minimum Gasteiger partial charge on any atom is -0.367 e. The molecule has 1 unspecified atom stereocenters. The molecule has 0 radical (unpaired) electrons. The van der Waals surface area contributed by atoms with Crippen LogP contribution < -0.4 is 11.1 Å². The Morgan fingerprint density at radius 1 is 1.26 bits per heavy atom. The smallest absolute Gasteiger partial charge is 0.269 e. The maximum atomic E-state index is 12.1. The zero-order chi connectivity index (χ0) is 14.0. The number of primary amides is 1. The molecule has 1 aromatic carbocycles. The highest BCUT2D eigenvalue weighted by molar-refractivity contribution is 6.35. The second kappa shape index (κ2) is 5.34. The molecule has 1 aliphatic rings. The van der Waals surface area contributed by atoms with Gasteiger partial charge in [0.05, 0.1) is 6.61 Å². The van der Waals surface area contributed by atoms with Crippen molar-refractivity contribution in [1.82, 2.24) is 0 Å². The number of hydrogen-bond acceptors (Lipinski definition) is 4. The van der Waals surface area contributed by atoms with Crippen molar-refractivity contribution in [3.8, 4) is 0 Å². The first-order valence-electron chi connectivity index (χ1n) is 5.23. The van der Waals surface area contributed by atoms with Gasteiger partial charge in [-0.1, -0.05) is 23.2 Å². The maximum absolute atomic E-state index is 12.1. The number of halogens is 2. The van der Waals surface area contributed by atoms with Crippen LogP contribution in [0.4, 0.5) is 5.69 Å². The largest absolute Gasteiger partial charge is 0.367 e. The van der Waals surface area contributed by atoms with Gasteiger partial charge in [-0.3, -0.25) is 9.59 Å². The number of carbonyl (C=O) groups excluding carboxylic acids is 2. The molecule has 2 amide bonds. The quantitative estimate of drug-likeness (QED) is 0.820. The Bertz CT molecular complexity index is 509. The highest BCUT2D eigenvalue weighted by Gasteiger charge is 2.50. The van der Waals surface area contributed by atoms with Crippen LogP contribution in [0.1, 0.15) is 0 Å². The van der Waals surface area contributed by atoms with Crippen LogP contribution in [0.25, 0.3) is 0 Å². The fourth-order valence-corrected chi connectivity index (χ4v) is 2.14. The van der Waals surface area contributed by atoms with E-state index in [2.05, 4.69) is 5.32 Å². The summed E-state index contributed by atoms with van der Waals surface area (Å²) in [5, 5.41) is 3.17. The van der Waals surface area contributed by atoms with E-state index in [9.17, 15) is 9.59 Å². The second-order valence-electron chi connectivity index (χ2n) is 3.91. The number of nitrogens with one attached hydrogen (secondary N) is 1. The third-order valence-electron chi connectivity index (χ3n) is 2.58. The number of benzene rings is 1. The highest BCUT2D eigenvalue weighted by Crippen LogP contribution is 2.25. The normalized spacial score (nSPS) is 22.2. The van der Waals surface area contributed by atoms with Gasteiger partial charge in [0.25, 0.3) is 17.4 Å². The molecule has 0 spiro atoms. The van der Waals surface area contributed by atoms with E-state index in [1.165, 1.54) is 18.2 Å². The van der Waals surface area contributed by atoms with Crippen molar-refractivity contribution in [2.45, 2.75) is 5.60 Å². The third kappa shape index (κ3) is 2.82. The molecule has 1 fully saturated rings. The van der Waals surface area contributed by atoms with Crippen molar-refractivity contribution in [3.63, 3.8) is 0 Å². The molecule has 1 aromatic rings. The topological polar surface area (TPSA) is 90.7 Å². The molecule has 8 heteroatoms. The number of amides is 2. The van der Waals surface area contributed by atoms with E-state index in [-0.39, 0.29) is 13.4 Å². The van der Waals surface area contributed by atoms with E-state index in [1.807, 2.05) is 0 Å². The van der Waals surface area contributed by atoms with E-state index in [1.54, 1.807) is 0 Å². The molecule has 0 saturated carbocycles. The van der Waals surface area contributed by atoms with Crippen LogP contribution >= 0.6 is 23.2 Å². The van der Waals surface area contributed by atoms with E-state index in [0.717, 1.165) is 0 Å². The van der Waals surface area contributed by atoms with Gasteiger partial charge in [0.2, 0.25) is 0 Å². The average molecular weight is 305 g/mol. The lowest BCUT2D eigenvalue weighted by atomic mass is 10.0. The van der Waals surface area contributed by atoms with Crippen molar-refractivity contribution < 1.29 is 19.1 Å². The Hall–Kier alpha value is -1.34. The Kier molecular flexibility index (Phi) is 3.96. The number of rotatable bonds is 3. The Morgan fingerprint density at radius 3 is 2.37 bits per heavy atom. The molecule has 3 N–H and O–H groups in total. The molecule has 1 heterocycles. The summed E-state index contributed by atoms with van der Waals surface area (Å²) < 4.78 is 9.91. The van der Waals surface area contributed by atoms with E-state index < -0.39 is 17.4 Å². The van der Waals surface area contributed by atoms with Gasteiger partial charge >= 0.3 is 0 Å². The zero-order valence-corrected chi connectivity index (χ0v) is 11.1. The minimum absolute atomic E-state index is 0.174. The zero-order valence-electron chi connectivity index (χ0n) is 9.61. The Morgan fingerprint density at radius 2 is 1.89 bits per heavy atom. The van der Waals surface area contributed by atoms with Gasteiger partial charge < -0.3 is 20.5 Å². The first-order valence-corrected chi connectivity index (χ1v) is 5.99. The van der Waals surface area contributed by atoms with Crippen molar-refractivity contribution >= 4 is 40.7 Å². The summed E-state index contributed by atoms with van der Waals surface area (Å²) in [6.07, 6.45) is 0. The fourth-order valence-electron chi connectivity index (χ4n) is 1.61. The molecule has 2 rings (SSSR count). The lowest BCUT2D eigenvalue weighted by Gasteiger charge is -2.21. The summed E-state index contributed by atoms with van der Waals surface area (Å²) in [5.74, 6) is -1.65. The first-order chi connectivity index (χ1) is 8.94. The van der Waals surface area contributed by atoms with Crippen LogP contribution in [0.15, 0.2) is 18.2 Å². The minimum atomic E-state index is -1.82. The monoisotopic (exact) mass is 304 g/mol. The van der Waals surface area contributed by atoms with E-state index >= 15 is 0 Å². The predicted octanol–water partition coefficient (Wildman–Crippen LogP) is 1.16. The molecule has 0 aromatic heterocycles. The van der Waals surface area contributed by atoms with Gasteiger partial charge in [-0.2, -0.15) is 0 Å². The molecule has 6 nitrogen and oxygen atoms in total. The molecule has 0 bridgehead atoms. The van der Waals surface area contributed by atoms with Crippen molar-refractivity contribution in [2.75, 3.05) is 18.7 Å². The second-order valence-corrected chi connectivity index (χ2v) is 4.79. The number of nitrogens with two attached hydrogens (primary N) is 1. The Balaban J connectivity index is 2.22. The van der Waals surface area contributed by atoms with Crippen molar-refractivity contribution in [1.29, 1.82) is 0 Å². The van der Waals surface area contributed by atoms with Crippen molar-refractivity contribution in [2.24, 2.45) is 5.73 Å². The molecular formula is C11H10Cl2N2O4. The maximum Gasteiger partial charge on any atom is 0.269 e. The molecule has 0 aliphatic carbocycles. The van der Waals surface area contributed by atoms with Crippen LogP contribution in [0.3, 0.4) is 0 Å². The fraction of sp³-hybridized carbons (Fsp3) is 0.273. The summed E-state index contributed by atoms with van der Waals surface area (Å²) >= 11 is 11.6. The van der Waals surface area contributed by atoms with Crippen LogP contribution in [0.5, 0.6) is 0 Å². The summed E-state index contributed by atoms with van der Waals surface area (Å²) in [7, 11) is 0. The molecule has 19 heavy (non-hydrogen) atoms. The lowest BCUT2D eigenvalue weighted by Crippen LogP contribution is -2.55. The summed E-state index contributed by atoms with van der Waals surface area (Å²) in [5.41, 5.74) is 3.70. The molecule has 1 atom stereocenters. The highest BCUT2D eigenvalue weighted by atomic mass is 35.5. The lowest BCUT2D eigenvalue weighted by molar-refractivity contribution is -0.148. The number of carbonyl (C=O) groups is 2. The van der Waals surface area contributed by atoms with Gasteiger partial charge in [0, 0.05) is 15.7 Å². The summed E-state index contributed by atoms with van der Waals surface area (Å²) in [6, 6.07) is 4.48. The van der Waals surface area contributed by atoms with Crippen LogP contribution in [-0.4, -0.2) is 30.8 Å². The number of anilines is 1. The average Bonchev–Trinajstić information content (AvgIpc) is 2.77. The van der Waals surface area contributed by atoms with Gasteiger partial charge in [-0.15, -0.1) is 0 Å². The third-order valence-corrected chi connectivity index (χ3v) is 3.02. The summed E-state index contributed by atoms with van der Waals surface area (Å²) in [4.78, 5) is 23.5. The SMILES string of the molecule is NC(=O)C1(C(=O)Nc2cc(Cl)cc(Cl)c2)COCO1. The van der Waals surface area contributed by atoms with Gasteiger partial charge in [-0.25, -0.2) is 0 Å². The molecule has 1 saturated heterocycles. The molecule has 102 valence electrons. The number of hydrogen-bond donors (Lipinski definition) is 2. The van der Waals surface area contributed by atoms with Gasteiger partial charge in [0.15, 0.2) is 0 Å². The molecular weight excluding hydrogens is 295 g/mol. The van der Waals surface area contributed by atoms with Gasteiger partial charge in [0.1, 0.15) is 6.79 Å². The summed E-state index contributed by atoms with van der Waals surface area (Å²) in [6.45, 7) is -0.408. The van der Waals surface area contributed by atoms with Crippen LogP contribution in [0, 0.1) is 0 Å². The standard InChI is InChI=1S/C11H10Cl2N2O4/c12-6-1-7(13)3-8(2-6)15-10(17)11(9(14)16)4-18-5-19-11/h1-3H,4-5H2,(H2,14,16)(H,15,17). The van der Waals surface area contributed by atoms with E-state index in [0.29, 0.717) is 15.7 Å². The molecule has 1 aliphatic heterocycles.